The average molecular weight is 355 g/mol. The minimum absolute atomic E-state index is 0.0130. The van der Waals surface area contributed by atoms with Crippen molar-refractivity contribution in [2.24, 2.45) is 0 Å². The summed E-state index contributed by atoms with van der Waals surface area (Å²) in [6, 6.07) is 14.3. The van der Waals surface area contributed by atoms with Gasteiger partial charge in [0.15, 0.2) is 5.13 Å². The molecule has 128 valence electrons. The number of carbonyl (C=O) groups excluding carboxylic acids is 1. The van der Waals surface area contributed by atoms with Crippen LogP contribution in [0.5, 0.6) is 5.75 Å². The van der Waals surface area contributed by atoms with Crippen LogP contribution >= 0.6 is 11.3 Å². The van der Waals surface area contributed by atoms with Gasteiger partial charge in [-0.05, 0) is 42.0 Å². The molecule has 3 N–H and O–H groups in total. The molecule has 1 heterocycles. The number of aliphatic hydroxyl groups is 1. The first kappa shape index (κ1) is 16.9. The lowest BCUT2D eigenvalue weighted by molar-refractivity contribution is 0.102. The number of hydrogen-bond donors (Lipinski definition) is 3. The molecule has 7 heteroatoms. The number of nitrogens with one attached hydrogen (secondary N) is 2. The van der Waals surface area contributed by atoms with Gasteiger partial charge in [-0.2, -0.15) is 0 Å². The Morgan fingerprint density at radius 3 is 2.52 bits per heavy atom. The maximum absolute atomic E-state index is 12.2. The third-order valence-corrected chi connectivity index (χ3v) is 4.31. The van der Waals surface area contributed by atoms with E-state index in [9.17, 15) is 4.79 Å². The monoisotopic (exact) mass is 355 g/mol. The standard InChI is InChI=1S/C18H17N3O3S/c1-24-15-8-4-13(5-9-15)17(23)21-16-10-19-18(25-16)20-14-6-2-12(11-22)3-7-14/h2-10,22H,11H2,1H3,(H,19,20)(H,21,23). The van der Waals surface area contributed by atoms with Crippen molar-refractivity contribution < 1.29 is 14.6 Å². The minimum atomic E-state index is -0.204. The van der Waals surface area contributed by atoms with Crippen molar-refractivity contribution >= 4 is 33.1 Å². The molecule has 0 aliphatic rings. The smallest absolute Gasteiger partial charge is 0.256 e. The van der Waals surface area contributed by atoms with E-state index in [2.05, 4.69) is 15.6 Å². The predicted octanol–water partition coefficient (Wildman–Crippen LogP) is 3.64. The van der Waals surface area contributed by atoms with Crippen LogP contribution in [0.2, 0.25) is 0 Å². The number of rotatable bonds is 6. The maximum Gasteiger partial charge on any atom is 0.256 e. The normalized spacial score (nSPS) is 10.3. The molecule has 0 aliphatic carbocycles. The summed E-state index contributed by atoms with van der Waals surface area (Å²) in [5.41, 5.74) is 2.25. The summed E-state index contributed by atoms with van der Waals surface area (Å²) in [6.07, 6.45) is 1.61. The molecule has 0 radical (unpaired) electrons. The van der Waals surface area contributed by atoms with Crippen LogP contribution in [0.15, 0.2) is 54.7 Å². The molecule has 0 atom stereocenters. The molecule has 0 bridgehead atoms. The van der Waals surface area contributed by atoms with Gasteiger partial charge in [0.1, 0.15) is 10.8 Å². The van der Waals surface area contributed by atoms with Crippen LogP contribution in [0.3, 0.4) is 0 Å². The van der Waals surface area contributed by atoms with Gasteiger partial charge in [0.25, 0.3) is 5.91 Å². The molecular weight excluding hydrogens is 338 g/mol. The number of hydrogen-bond acceptors (Lipinski definition) is 6. The Balaban J connectivity index is 1.63. The number of aromatic nitrogens is 1. The third-order valence-electron chi connectivity index (χ3n) is 3.48. The Morgan fingerprint density at radius 1 is 1.16 bits per heavy atom. The first-order chi connectivity index (χ1) is 12.2. The number of benzene rings is 2. The third kappa shape index (κ3) is 4.34. The fourth-order valence-electron chi connectivity index (χ4n) is 2.13. The summed E-state index contributed by atoms with van der Waals surface area (Å²) in [5, 5.41) is 16.4. The molecule has 2 aromatic carbocycles. The fraction of sp³-hybridized carbons (Fsp3) is 0.111. The van der Waals surface area contributed by atoms with Crippen LogP contribution in [-0.2, 0) is 6.61 Å². The van der Waals surface area contributed by atoms with Gasteiger partial charge < -0.3 is 20.5 Å². The second-order valence-electron chi connectivity index (χ2n) is 5.19. The SMILES string of the molecule is COc1ccc(C(=O)Nc2cnc(Nc3ccc(CO)cc3)s2)cc1. The van der Waals surface area contributed by atoms with Crippen molar-refractivity contribution in [2.75, 3.05) is 17.7 Å². The Kier molecular flexibility index (Phi) is 5.27. The highest BCUT2D eigenvalue weighted by molar-refractivity contribution is 7.19. The summed E-state index contributed by atoms with van der Waals surface area (Å²) in [7, 11) is 1.58. The van der Waals surface area contributed by atoms with E-state index in [-0.39, 0.29) is 12.5 Å². The number of ether oxygens (including phenoxy) is 1. The summed E-state index contributed by atoms with van der Waals surface area (Å²) in [5.74, 6) is 0.498. The molecule has 25 heavy (non-hydrogen) atoms. The van der Waals surface area contributed by atoms with Gasteiger partial charge in [-0.15, -0.1) is 0 Å². The molecule has 1 amide bonds. The molecular formula is C18H17N3O3S. The van der Waals surface area contributed by atoms with Gasteiger partial charge in [-0.3, -0.25) is 4.79 Å². The highest BCUT2D eigenvalue weighted by Gasteiger charge is 2.09. The number of amides is 1. The van der Waals surface area contributed by atoms with Crippen molar-refractivity contribution in [3.8, 4) is 5.75 Å². The Hall–Kier alpha value is -2.90. The van der Waals surface area contributed by atoms with Crippen LogP contribution in [0, 0.1) is 0 Å². The van der Waals surface area contributed by atoms with E-state index < -0.39 is 0 Å². The first-order valence-corrected chi connectivity index (χ1v) is 8.37. The Bertz CT molecular complexity index is 845. The van der Waals surface area contributed by atoms with Crippen LogP contribution in [0.25, 0.3) is 0 Å². The van der Waals surface area contributed by atoms with Crippen molar-refractivity contribution in [1.82, 2.24) is 4.98 Å². The Morgan fingerprint density at radius 2 is 1.88 bits per heavy atom. The molecule has 1 aromatic heterocycles. The maximum atomic E-state index is 12.2. The van der Waals surface area contributed by atoms with Crippen LogP contribution < -0.4 is 15.4 Å². The molecule has 0 saturated heterocycles. The highest BCUT2D eigenvalue weighted by Crippen LogP contribution is 2.27. The number of anilines is 3. The van der Waals surface area contributed by atoms with E-state index in [1.165, 1.54) is 11.3 Å². The molecule has 0 aliphatic heterocycles. The van der Waals surface area contributed by atoms with Gasteiger partial charge in [0.2, 0.25) is 0 Å². The lowest BCUT2D eigenvalue weighted by Gasteiger charge is -2.04. The highest BCUT2D eigenvalue weighted by atomic mass is 32.1. The minimum Gasteiger partial charge on any atom is -0.497 e. The van der Waals surface area contributed by atoms with E-state index in [0.29, 0.717) is 21.4 Å². The van der Waals surface area contributed by atoms with Gasteiger partial charge in [0.05, 0.1) is 19.9 Å². The summed E-state index contributed by atoms with van der Waals surface area (Å²) in [6.45, 7) is 0.0130. The van der Waals surface area contributed by atoms with Gasteiger partial charge in [-0.1, -0.05) is 23.5 Å². The van der Waals surface area contributed by atoms with Gasteiger partial charge in [0, 0.05) is 11.3 Å². The molecule has 3 rings (SSSR count). The van der Waals surface area contributed by atoms with Gasteiger partial charge >= 0.3 is 0 Å². The van der Waals surface area contributed by atoms with E-state index in [0.717, 1.165) is 11.3 Å². The van der Waals surface area contributed by atoms with Crippen LogP contribution in [-0.4, -0.2) is 23.1 Å². The lowest BCUT2D eigenvalue weighted by Crippen LogP contribution is -2.10. The molecule has 0 unspecified atom stereocenters. The zero-order valence-electron chi connectivity index (χ0n) is 13.5. The average Bonchev–Trinajstić information content (AvgIpc) is 3.09. The second-order valence-corrected chi connectivity index (χ2v) is 6.22. The Labute approximate surface area is 149 Å². The van der Waals surface area contributed by atoms with Crippen LogP contribution in [0.1, 0.15) is 15.9 Å². The zero-order valence-corrected chi connectivity index (χ0v) is 14.3. The number of thiazole rings is 1. The molecule has 0 spiro atoms. The molecule has 0 fully saturated rings. The zero-order chi connectivity index (χ0) is 17.6. The predicted molar refractivity (Wildman–Crippen MR) is 98.7 cm³/mol. The van der Waals surface area contributed by atoms with Crippen molar-refractivity contribution in [2.45, 2.75) is 6.61 Å². The largest absolute Gasteiger partial charge is 0.497 e. The van der Waals surface area contributed by atoms with E-state index >= 15 is 0 Å². The topological polar surface area (TPSA) is 83.5 Å². The van der Waals surface area contributed by atoms with Crippen molar-refractivity contribution in [3.63, 3.8) is 0 Å². The van der Waals surface area contributed by atoms with Gasteiger partial charge in [-0.25, -0.2) is 4.98 Å². The lowest BCUT2D eigenvalue weighted by atomic mass is 10.2. The number of aliphatic hydroxyl groups excluding tert-OH is 1. The van der Waals surface area contributed by atoms with Crippen molar-refractivity contribution in [1.29, 1.82) is 0 Å². The number of methoxy groups -OCH3 is 1. The first-order valence-electron chi connectivity index (χ1n) is 7.56. The van der Waals surface area contributed by atoms with Crippen molar-refractivity contribution in [3.05, 3.63) is 65.9 Å². The second kappa shape index (κ2) is 7.78. The molecule has 0 saturated carbocycles. The summed E-state index contributed by atoms with van der Waals surface area (Å²) in [4.78, 5) is 16.5. The summed E-state index contributed by atoms with van der Waals surface area (Å²) < 4.78 is 5.08. The van der Waals surface area contributed by atoms with Crippen LogP contribution in [0.4, 0.5) is 15.8 Å². The number of carbonyl (C=O) groups is 1. The summed E-state index contributed by atoms with van der Waals surface area (Å²) >= 11 is 1.34. The fourth-order valence-corrected chi connectivity index (χ4v) is 2.86. The molecule has 3 aromatic rings. The quantitative estimate of drug-likeness (QED) is 0.629. The molecule has 6 nitrogen and oxygen atoms in total. The van der Waals surface area contributed by atoms with E-state index in [1.807, 2.05) is 24.3 Å². The van der Waals surface area contributed by atoms with E-state index in [4.69, 9.17) is 9.84 Å². The van der Waals surface area contributed by atoms with E-state index in [1.54, 1.807) is 37.6 Å². The number of nitrogens with zero attached hydrogens (tertiary/aromatic N) is 1.